The van der Waals surface area contributed by atoms with Crippen molar-refractivity contribution in [3.05, 3.63) is 426 Å². The van der Waals surface area contributed by atoms with Gasteiger partial charge in [0.1, 0.15) is 92.3 Å². The fourth-order valence-electron chi connectivity index (χ4n) is 14.9. The lowest BCUT2D eigenvalue weighted by Gasteiger charge is -2.27. The highest BCUT2D eigenvalue weighted by Crippen LogP contribution is 2.44. The number of nitrogens with one attached hydrogen (secondary N) is 10. The summed E-state index contributed by atoms with van der Waals surface area (Å²) < 4.78 is 144. The van der Waals surface area contributed by atoms with Gasteiger partial charge in [-0.2, -0.15) is 26.3 Å². The van der Waals surface area contributed by atoms with Crippen LogP contribution >= 0.6 is 0 Å². The van der Waals surface area contributed by atoms with Crippen molar-refractivity contribution < 1.29 is 77.3 Å². The molecule has 0 saturated heterocycles. The molecule has 0 spiro atoms. The van der Waals surface area contributed by atoms with Crippen molar-refractivity contribution in [2.45, 2.75) is 31.8 Å². The molecular formula is C103H76F10N16O7. The number of benzene rings is 10. The molecule has 0 atom stereocenters. The van der Waals surface area contributed by atoms with E-state index in [1.807, 2.05) is 144 Å². The first-order valence-electron chi connectivity index (χ1n) is 41.7. The molecule has 10 aromatic carbocycles. The number of aromatic amines is 6. The van der Waals surface area contributed by atoms with Crippen LogP contribution in [0.2, 0.25) is 0 Å². The third-order valence-electron chi connectivity index (χ3n) is 21.3. The molecule has 4 aliphatic heterocycles. The summed E-state index contributed by atoms with van der Waals surface area (Å²) in [5, 5.41) is 11.4. The van der Waals surface area contributed by atoms with Gasteiger partial charge < -0.3 is 65.4 Å². The third-order valence-corrected chi connectivity index (χ3v) is 21.3. The maximum atomic E-state index is 13.4. The zero-order valence-corrected chi connectivity index (χ0v) is 71.2. The zero-order valence-electron chi connectivity index (χ0n) is 71.2. The number of aromatic nitrogens is 8. The minimum atomic E-state index is -4.77. The van der Waals surface area contributed by atoms with Crippen LogP contribution in [0.15, 0.2) is 352 Å². The molecule has 680 valence electrons. The molecule has 20 rings (SSSR count). The Labute approximate surface area is 768 Å². The molecule has 4 amide bonds. The van der Waals surface area contributed by atoms with Crippen LogP contribution in [0.4, 0.5) is 101 Å². The molecule has 23 nitrogen and oxygen atoms in total. The largest absolute Gasteiger partial charge is 0.573 e. The predicted octanol–water partition coefficient (Wildman–Crippen LogP) is 25.6. The average molecular weight is 1840 g/mol. The number of amides is 4. The Hall–Kier alpha value is -18.0. The first kappa shape index (κ1) is 89.9. The maximum Gasteiger partial charge on any atom is 0.573 e. The van der Waals surface area contributed by atoms with Crippen LogP contribution in [0.1, 0.15) is 87.0 Å². The van der Waals surface area contributed by atoms with Crippen LogP contribution < -0.4 is 55.1 Å². The van der Waals surface area contributed by atoms with Gasteiger partial charge in [0.15, 0.2) is 0 Å². The maximum absolute atomic E-state index is 13.4. The molecule has 0 aliphatic carbocycles. The molecule has 4 aliphatic rings. The van der Waals surface area contributed by atoms with Crippen LogP contribution in [0, 0.1) is 5.82 Å². The van der Waals surface area contributed by atoms with Crippen molar-refractivity contribution in [3.8, 4) is 28.7 Å². The van der Waals surface area contributed by atoms with Gasteiger partial charge in [-0.1, -0.05) is 93.0 Å². The van der Waals surface area contributed by atoms with Gasteiger partial charge in [0.25, 0.3) is 23.6 Å². The fraction of sp³-hybridized carbons (Fsp3) is 0.0485. The number of H-pyrrole nitrogens is 6. The Morgan fingerprint density at radius 3 is 1.02 bits per heavy atom. The van der Waals surface area contributed by atoms with Gasteiger partial charge in [0.2, 0.25) is 0 Å². The lowest BCUT2D eigenvalue weighted by atomic mass is 10.1. The van der Waals surface area contributed by atoms with Gasteiger partial charge in [-0.3, -0.25) is 38.8 Å². The Morgan fingerprint density at radius 2 is 0.647 bits per heavy atom. The topological polar surface area (TPSA) is 278 Å². The highest BCUT2D eigenvalue weighted by molar-refractivity contribution is 6.06. The van der Waals surface area contributed by atoms with Crippen LogP contribution in [0.25, 0.3) is 46.4 Å². The van der Waals surface area contributed by atoms with E-state index in [0.29, 0.717) is 137 Å². The van der Waals surface area contributed by atoms with E-state index in [4.69, 9.17) is 9.47 Å². The minimum Gasteiger partial charge on any atom is -0.457 e. The summed E-state index contributed by atoms with van der Waals surface area (Å²) in [5.41, 5.74) is 12.1. The van der Waals surface area contributed by atoms with Gasteiger partial charge in [-0.15, -0.1) is 13.2 Å². The predicted molar refractivity (Wildman–Crippen MR) is 503 cm³/mol. The van der Waals surface area contributed by atoms with Crippen molar-refractivity contribution in [1.82, 2.24) is 50.5 Å². The van der Waals surface area contributed by atoms with E-state index in [0.717, 1.165) is 68.7 Å². The van der Waals surface area contributed by atoms with Gasteiger partial charge in [-0.05, 0) is 255 Å². The van der Waals surface area contributed by atoms with E-state index in [2.05, 4.69) is 92.2 Å². The molecule has 136 heavy (non-hydrogen) atoms. The SMILES string of the molecule is C=C1C=Cc2cc(C(=O)NCc3nc4ccccc4[nH]3)[nH]c2N1c1ccc(C(F)(F)F)cc1.C=C1C=Cc2cc(C(=O)NCc3nc4ccccc4[nH]3)[nH]c2N1c1ccc(OC(F)(F)F)cc1.C=C1C=Cc2cc(C(=O)Nc3ccc(Oc4ccccc4)cc3)[nH]c2N1c1ccc(C(F)(F)F)cc1.C=C1C=Cc2cc(C(=O)Nc3cccc(Oc4ccccc4)c3)[nH]c2N1c1ccc(F)cc1. The molecule has 16 aromatic rings. The summed E-state index contributed by atoms with van der Waals surface area (Å²) in [4.78, 5) is 85.9. The quantitative estimate of drug-likeness (QED) is 0.0338. The number of rotatable bonds is 19. The molecule has 0 radical (unpaired) electrons. The van der Waals surface area contributed by atoms with Crippen molar-refractivity contribution >= 4 is 127 Å². The van der Waals surface area contributed by atoms with Crippen molar-refractivity contribution in [3.63, 3.8) is 0 Å². The highest BCUT2D eigenvalue weighted by atomic mass is 19.4. The fourth-order valence-corrected chi connectivity index (χ4v) is 14.9. The van der Waals surface area contributed by atoms with Crippen molar-refractivity contribution in [2.24, 2.45) is 0 Å². The van der Waals surface area contributed by atoms with Crippen LogP contribution in [0.5, 0.6) is 28.7 Å². The van der Waals surface area contributed by atoms with Gasteiger partial charge in [-0.25, -0.2) is 14.4 Å². The van der Waals surface area contributed by atoms with E-state index in [9.17, 15) is 63.1 Å². The lowest BCUT2D eigenvalue weighted by Crippen LogP contribution is -2.24. The number of imidazole rings is 2. The Morgan fingerprint density at radius 1 is 0.324 bits per heavy atom. The second-order valence-corrected chi connectivity index (χ2v) is 30.8. The normalized spacial score (nSPS) is 13.0. The first-order valence-corrected chi connectivity index (χ1v) is 41.7. The molecule has 6 aromatic heterocycles. The number of allylic oxidation sites excluding steroid dienone is 4. The number of hydrogen-bond donors (Lipinski definition) is 10. The molecule has 0 bridgehead atoms. The number of anilines is 10. The number of para-hydroxylation sites is 6. The van der Waals surface area contributed by atoms with E-state index in [-0.39, 0.29) is 48.3 Å². The molecule has 0 saturated carbocycles. The monoisotopic (exact) mass is 1840 g/mol. The molecule has 10 heterocycles. The molecule has 0 fully saturated rings. The summed E-state index contributed by atoms with van der Waals surface area (Å²) in [6, 6.07) is 76.0. The van der Waals surface area contributed by atoms with E-state index < -0.39 is 29.8 Å². The van der Waals surface area contributed by atoms with Crippen molar-refractivity contribution in [2.75, 3.05) is 30.2 Å². The number of hydrogen-bond acceptors (Lipinski definition) is 13. The first-order chi connectivity index (χ1) is 65.4. The summed E-state index contributed by atoms with van der Waals surface area (Å²) >= 11 is 0. The number of alkyl halides is 9. The second-order valence-electron chi connectivity index (χ2n) is 30.8. The molecule has 0 unspecified atom stereocenters. The third kappa shape index (κ3) is 20.9. The smallest absolute Gasteiger partial charge is 0.457 e. The summed E-state index contributed by atoms with van der Waals surface area (Å²) in [7, 11) is 0. The van der Waals surface area contributed by atoms with Crippen LogP contribution in [-0.4, -0.2) is 69.9 Å². The van der Waals surface area contributed by atoms with E-state index >= 15 is 0 Å². The van der Waals surface area contributed by atoms with E-state index in [1.54, 1.807) is 118 Å². The lowest BCUT2D eigenvalue weighted by molar-refractivity contribution is -0.274. The van der Waals surface area contributed by atoms with E-state index in [1.165, 1.54) is 60.7 Å². The molecule has 33 heteroatoms. The number of carbonyl (C=O) groups excluding carboxylic acids is 4. The highest BCUT2D eigenvalue weighted by Gasteiger charge is 2.35. The van der Waals surface area contributed by atoms with Crippen molar-refractivity contribution in [1.29, 1.82) is 0 Å². The van der Waals surface area contributed by atoms with Crippen LogP contribution in [0.3, 0.4) is 0 Å². The summed E-state index contributed by atoms with van der Waals surface area (Å²) in [6.07, 6.45) is 0.762. The number of carbonyl (C=O) groups is 4. The Bertz CT molecular complexity index is 7290. The standard InChI is InChI=1S/C28H20F3N3O2.C27H20FN3O2.C24H18F3N5O2.C24H18F3N5O/c1-18-7-8-19-17-25(33-26(19)34(18)22-13-9-20(10-14-22)28(29,30)31)27(35)32-21-11-15-24(16-12-21)36-23-5-3-2-4-6-23;1-18-10-11-19-16-25(30-26(19)31(18)22-14-12-20(28)13-15-22)27(32)29-21-6-5-9-24(17-21)33-23-7-3-2-4-8-23;1-14-6-7-15-12-20(23(33)28-13-21-29-18-4-2-3-5-19(18)30-21)31-22(15)32(14)16-8-10-17(11-9-16)34-24(25,26)27;1-14-6-7-15-12-20(23(33)28-13-21-29-18-4-2-3-5-19(18)30-21)31-22(15)32(14)17-10-8-16(9-11-17)24(25,26)27/h2-17,33H,1H2,(H,32,35);2-17,30H,1H2,(H,29,32);2-12,31H,1,13H2,(H,28,33)(H,29,30);2-12,31H,1,13H2,(H,28,33)(H,29,30). The van der Waals surface area contributed by atoms with Gasteiger partial charge in [0, 0.05) is 85.2 Å². The van der Waals surface area contributed by atoms with Gasteiger partial charge in [0.05, 0.1) is 46.3 Å². The average Bonchev–Trinajstić information content (AvgIpc) is 1.62. The van der Waals surface area contributed by atoms with Crippen LogP contribution in [-0.2, 0) is 25.4 Å². The van der Waals surface area contributed by atoms with Gasteiger partial charge >= 0.3 is 18.7 Å². The number of halogens is 10. The second kappa shape index (κ2) is 38.2. The molecule has 10 N–H and O–H groups in total. The Balaban J connectivity index is 0.000000126. The molecular weight excluding hydrogens is 1760 g/mol. The summed E-state index contributed by atoms with van der Waals surface area (Å²) in [6.45, 7) is 16.5. The number of fused-ring (bicyclic) bond motifs is 6. The Kier molecular flexibility index (Phi) is 25.2. The zero-order chi connectivity index (χ0) is 95.1. The minimum absolute atomic E-state index is 0.211. The number of ether oxygens (including phenoxy) is 3. The number of nitrogens with zero attached hydrogens (tertiary/aromatic N) is 6. The summed E-state index contributed by atoms with van der Waals surface area (Å²) in [5.74, 6) is 4.31.